The molecule has 6 N–H and O–H groups in total. The highest BCUT2D eigenvalue weighted by molar-refractivity contribution is 5.66. The second kappa shape index (κ2) is 15.0. The standard InChI is InChI=1S/C35H46N4O6/c1-23(2)18-38(19-25-3-9-27(36)10-4-25)20-33(40)31(39(35(41)42)32-22-45-34-30(32)15-16-43-34)17-24-7-13-29(14-8-24)44-21-26-5-11-28(37)12-6-26/h3-14,23,30-34,40H,15-22,36-37H2,1-2H3,(H,41,42)/t30-,31-,32+,33+,34+/m0/s1. The van der Waals surface area contributed by atoms with Gasteiger partial charge < -0.3 is 35.9 Å². The number of amides is 1. The number of nitrogens with two attached hydrogens (primary N) is 2. The van der Waals surface area contributed by atoms with Crippen LogP contribution in [0.2, 0.25) is 0 Å². The molecule has 0 aliphatic carbocycles. The highest BCUT2D eigenvalue weighted by Gasteiger charge is 2.48. The molecule has 2 fully saturated rings. The first-order valence-corrected chi connectivity index (χ1v) is 15.7. The molecule has 5 atom stereocenters. The molecule has 5 rings (SSSR count). The van der Waals surface area contributed by atoms with Crippen LogP contribution < -0.4 is 16.2 Å². The Morgan fingerprint density at radius 1 is 0.911 bits per heavy atom. The zero-order valence-corrected chi connectivity index (χ0v) is 26.1. The number of ether oxygens (including phenoxy) is 3. The summed E-state index contributed by atoms with van der Waals surface area (Å²) in [5.41, 5.74) is 16.1. The monoisotopic (exact) mass is 618 g/mol. The van der Waals surface area contributed by atoms with Crippen molar-refractivity contribution in [2.24, 2.45) is 11.8 Å². The number of nitrogen functional groups attached to an aromatic ring is 2. The number of carbonyl (C=O) groups is 1. The SMILES string of the molecule is CC(C)CN(Cc1ccc(N)cc1)C[C@@H](O)[C@H](Cc1ccc(OCc2ccc(N)cc2)cc1)N(C(=O)O)[C@@H]1CO[C@H]2OCC[C@H]21. The smallest absolute Gasteiger partial charge is 0.407 e. The molecule has 0 radical (unpaired) electrons. The van der Waals surface area contributed by atoms with Crippen molar-refractivity contribution in [2.75, 3.05) is 37.8 Å². The Morgan fingerprint density at radius 2 is 1.53 bits per heavy atom. The van der Waals surface area contributed by atoms with Crippen molar-refractivity contribution in [3.05, 3.63) is 89.5 Å². The first-order chi connectivity index (χ1) is 21.7. The van der Waals surface area contributed by atoms with E-state index in [0.717, 1.165) is 29.7 Å². The number of fused-ring (bicyclic) bond motifs is 1. The topological polar surface area (TPSA) is 144 Å². The number of aliphatic hydroxyl groups is 1. The zero-order valence-electron chi connectivity index (χ0n) is 26.1. The summed E-state index contributed by atoms with van der Waals surface area (Å²) in [7, 11) is 0. The van der Waals surface area contributed by atoms with E-state index in [-0.39, 0.29) is 12.5 Å². The van der Waals surface area contributed by atoms with Crippen LogP contribution in [0.25, 0.3) is 0 Å². The summed E-state index contributed by atoms with van der Waals surface area (Å²) in [4.78, 5) is 16.6. The quantitative estimate of drug-likeness (QED) is 0.191. The predicted octanol–water partition coefficient (Wildman–Crippen LogP) is 4.60. The van der Waals surface area contributed by atoms with E-state index in [0.29, 0.717) is 55.8 Å². The Hall–Kier alpha value is -3.83. The average molecular weight is 619 g/mol. The number of benzene rings is 3. The van der Waals surface area contributed by atoms with E-state index in [1.807, 2.05) is 72.8 Å². The first-order valence-electron chi connectivity index (χ1n) is 15.7. The molecule has 2 aliphatic rings. The maximum Gasteiger partial charge on any atom is 0.407 e. The fraction of sp³-hybridized carbons (Fsp3) is 0.457. The Bertz CT molecular complexity index is 1370. The lowest BCUT2D eigenvalue weighted by atomic mass is 9.93. The Balaban J connectivity index is 1.35. The van der Waals surface area contributed by atoms with Gasteiger partial charge in [-0.15, -0.1) is 0 Å². The van der Waals surface area contributed by atoms with E-state index in [4.69, 9.17) is 25.7 Å². The highest BCUT2D eigenvalue weighted by Crippen LogP contribution is 2.36. The number of carboxylic acid groups (broad SMARTS) is 1. The molecule has 2 aliphatic heterocycles. The average Bonchev–Trinajstić information content (AvgIpc) is 3.63. The van der Waals surface area contributed by atoms with Crippen LogP contribution in [-0.2, 0) is 29.0 Å². The Morgan fingerprint density at radius 3 is 2.16 bits per heavy atom. The van der Waals surface area contributed by atoms with Crippen LogP contribution in [0, 0.1) is 11.8 Å². The van der Waals surface area contributed by atoms with Gasteiger partial charge in [-0.25, -0.2) is 4.79 Å². The van der Waals surface area contributed by atoms with Crippen LogP contribution in [0.1, 0.15) is 37.0 Å². The lowest BCUT2D eigenvalue weighted by Crippen LogP contribution is -2.57. The van der Waals surface area contributed by atoms with E-state index in [9.17, 15) is 15.0 Å². The second-order valence-electron chi connectivity index (χ2n) is 12.6. The summed E-state index contributed by atoms with van der Waals surface area (Å²) < 4.78 is 17.5. The molecule has 0 spiro atoms. The van der Waals surface area contributed by atoms with Crippen molar-refractivity contribution in [1.82, 2.24) is 9.80 Å². The van der Waals surface area contributed by atoms with Gasteiger partial charge >= 0.3 is 6.09 Å². The summed E-state index contributed by atoms with van der Waals surface area (Å²) in [5, 5.41) is 22.5. The normalized spacial score (nSPS) is 20.7. The Kier molecular flexibility index (Phi) is 10.8. The minimum absolute atomic E-state index is 0.0681. The molecule has 242 valence electrons. The number of anilines is 2. The van der Waals surface area contributed by atoms with Crippen LogP contribution in [0.5, 0.6) is 5.75 Å². The molecule has 2 heterocycles. The van der Waals surface area contributed by atoms with Gasteiger partial charge in [-0.3, -0.25) is 9.80 Å². The third-order valence-corrected chi connectivity index (χ3v) is 8.60. The third-order valence-electron chi connectivity index (χ3n) is 8.60. The molecule has 45 heavy (non-hydrogen) atoms. The van der Waals surface area contributed by atoms with Crippen LogP contribution in [0.4, 0.5) is 16.2 Å². The van der Waals surface area contributed by atoms with E-state index >= 15 is 0 Å². The van der Waals surface area contributed by atoms with Gasteiger partial charge in [-0.05, 0) is 71.8 Å². The molecular weight excluding hydrogens is 572 g/mol. The number of hydrogen-bond acceptors (Lipinski definition) is 8. The summed E-state index contributed by atoms with van der Waals surface area (Å²) in [6.07, 6.45) is -1.39. The molecule has 2 saturated heterocycles. The highest BCUT2D eigenvalue weighted by atomic mass is 16.7. The number of hydrogen-bond donors (Lipinski definition) is 4. The van der Waals surface area contributed by atoms with Crippen LogP contribution >= 0.6 is 0 Å². The van der Waals surface area contributed by atoms with Crippen LogP contribution in [0.3, 0.4) is 0 Å². The molecule has 1 amide bonds. The third kappa shape index (κ3) is 8.67. The molecule has 0 aromatic heterocycles. The summed E-state index contributed by atoms with van der Waals surface area (Å²) >= 11 is 0. The zero-order chi connectivity index (χ0) is 31.9. The lowest BCUT2D eigenvalue weighted by Gasteiger charge is -2.40. The van der Waals surface area contributed by atoms with Gasteiger partial charge in [0.1, 0.15) is 12.4 Å². The van der Waals surface area contributed by atoms with Crippen LogP contribution in [0.15, 0.2) is 72.8 Å². The van der Waals surface area contributed by atoms with E-state index in [1.165, 1.54) is 4.90 Å². The van der Waals surface area contributed by atoms with Crippen molar-refractivity contribution in [3.63, 3.8) is 0 Å². The second-order valence-corrected chi connectivity index (χ2v) is 12.6. The molecule has 0 bridgehead atoms. The summed E-state index contributed by atoms with van der Waals surface area (Å²) in [6.45, 7) is 7.11. The maximum atomic E-state index is 13.0. The maximum absolute atomic E-state index is 13.0. The minimum atomic E-state index is -1.07. The van der Waals surface area contributed by atoms with Gasteiger partial charge in [-0.1, -0.05) is 50.2 Å². The first kappa shape index (κ1) is 32.6. The van der Waals surface area contributed by atoms with Crippen molar-refractivity contribution >= 4 is 17.5 Å². The minimum Gasteiger partial charge on any atom is -0.489 e. The number of rotatable bonds is 14. The van der Waals surface area contributed by atoms with Crippen molar-refractivity contribution < 1.29 is 29.2 Å². The largest absolute Gasteiger partial charge is 0.489 e. The van der Waals surface area contributed by atoms with Gasteiger partial charge in [0.2, 0.25) is 0 Å². The molecule has 0 unspecified atom stereocenters. The van der Waals surface area contributed by atoms with E-state index in [1.54, 1.807) is 0 Å². The molecule has 10 heteroatoms. The molecule has 3 aromatic carbocycles. The Labute approximate surface area is 265 Å². The summed E-state index contributed by atoms with van der Waals surface area (Å²) in [5.74, 6) is 0.978. The summed E-state index contributed by atoms with van der Waals surface area (Å²) in [6, 6.07) is 21.8. The molecule has 10 nitrogen and oxygen atoms in total. The predicted molar refractivity (Wildman–Crippen MR) is 174 cm³/mol. The fourth-order valence-electron chi connectivity index (χ4n) is 6.41. The number of aliphatic hydroxyl groups excluding tert-OH is 1. The van der Waals surface area contributed by atoms with Gasteiger partial charge in [0.25, 0.3) is 0 Å². The van der Waals surface area contributed by atoms with Gasteiger partial charge in [0.15, 0.2) is 6.29 Å². The van der Waals surface area contributed by atoms with Gasteiger partial charge in [-0.2, -0.15) is 0 Å². The lowest BCUT2D eigenvalue weighted by molar-refractivity contribution is -0.0906. The van der Waals surface area contributed by atoms with E-state index < -0.39 is 30.6 Å². The van der Waals surface area contributed by atoms with E-state index in [2.05, 4.69) is 18.7 Å². The molecule has 3 aromatic rings. The van der Waals surface area contributed by atoms with Crippen LogP contribution in [-0.4, -0.2) is 76.9 Å². The van der Waals surface area contributed by atoms with Gasteiger partial charge in [0.05, 0.1) is 31.4 Å². The molecular formula is C35H46N4O6. The van der Waals surface area contributed by atoms with Gasteiger partial charge in [0, 0.05) is 36.9 Å². The van der Waals surface area contributed by atoms with Crippen molar-refractivity contribution in [1.29, 1.82) is 0 Å². The molecule has 0 saturated carbocycles. The fourth-order valence-corrected chi connectivity index (χ4v) is 6.41. The van der Waals surface area contributed by atoms with Crippen molar-refractivity contribution in [2.45, 2.75) is 64.3 Å². The van der Waals surface area contributed by atoms with Crippen molar-refractivity contribution in [3.8, 4) is 5.75 Å². The number of nitrogens with zero attached hydrogens (tertiary/aromatic N) is 2.